The minimum Gasteiger partial charge on any atom is -0.348 e. The number of nitrogens with one attached hydrogen (secondary N) is 1. The molecular weight excluding hydrogens is 355 g/mol. The van der Waals surface area contributed by atoms with E-state index in [1.165, 1.54) is 44.2 Å². The molecule has 0 unspecified atom stereocenters. The van der Waals surface area contributed by atoms with Crippen molar-refractivity contribution in [1.82, 2.24) is 15.3 Å². The predicted molar refractivity (Wildman–Crippen MR) is 107 cm³/mol. The zero-order chi connectivity index (χ0) is 19.3. The van der Waals surface area contributed by atoms with Gasteiger partial charge in [0.25, 0.3) is 5.91 Å². The van der Waals surface area contributed by atoms with Gasteiger partial charge < -0.3 is 10.2 Å². The third kappa shape index (κ3) is 4.32. The number of aromatic nitrogens is 2. The number of halogens is 1. The lowest BCUT2D eigenvalue weighted by Crippen LogP contribution is -2.28. The smallest absolute Gasteiger partial charge is 0.254 e. The first-order chi connectivity index (χ1) is 13.7. The Morgan fingerprint density at radius 3 is 2.50 bits per heavy atom. The Morgan fingerprint density at radius 1 is 1.07 bits per heavy atom. The van der Waals surface area contributed by atoms with Gasteiger partial charge in [-0.1, -0.05) is 31.4 Å². The number of nitrogens with zero attached hydrogens (tertiary/aromatic N) is 3. The first kappa shape index (κ1) is 18.8. The van der Waals surface area contributed by atoms with Crippen LogP contribution in [0.4, 0.5) is 10.3 Å². The van der Waals surface area contributed by atoms with E-state index in [0.717, 1.165) is 43.1 Å². The van der Waals surface area contributed by atoms with Crippen LogP contribution in [0.5, 0.6) is 0 Å². The molecule has 1 aromatic carbocycles. The predicted octanol–water partition coefficient (Wildman–Crippen LogP) is 4.19. The van der Waals surface area contributed by atoms with Gasteiger partial charge >= 0.3 is 0 Å². The third-order valence-electron chi connectivity index (χ3n) is 5.80. The Morgan fingerprint density at radius 2 is 1.79 bits per heavy atom. The van der Waals surface area contributed by atoms with Gasteiger partial charge in [0.2, 0.25) is 5.95 Å². The van der Waals surface area contributed by atoms with Gasteiger partial charge in [0.15, 0.2) is 0 Å². The molecule has 0 atom stereocenters. The van der Waals surface area contributed by atoms with Crippen LogP contribution >= 0.6 is 0 Å². The lowest BCUT2D eigenvalue weighted by atomic mass is 9.85. The number of carbonyl (C=O) groups is 1. The molecule has 4 rings (SSSR count). The molecule has 1 aromatic heterocycles. The van der Waals surface area contributed by atoms with Crippen LogP contribution < -0.4 is 10.2 Å². The maximum Gasteiger partial charge on any atom is 0.254 e. The van der Waals surface area contributed by atoms with Gasteiger partial charge in [0, 0.05) is 31.7 Å². The molecular formula is C22H27FN4O. The van der Waals surface area contributed by atoms with Gasteiger partial charge in [0.1, 0.15) is 5.82 Å². The summed E-state index contributed by atoms with van der Waals surface area (Å²) in [5, 5.41) is 2.95. The fraction of sp³-hybridized carbons (Fsp3) is 0.500. The van der Waals surface area contributed by atoms with Crippen molar-refractivity contribution >= 4 is 11.9 Å². The van der Waals surface area contributed by atoms with E-state index in [0.29, 0.717) is 18.0 Å². The van der Waals surface area contributed by atoms with Crippen LogP contribution in [-0.2, 0) is 6.54 Å². The van der Waals surface area contributed by atoms with Crippen molar-refractivity contribution in [3.8, 4) is 0 Å². The SMILES string of the molecule is O=C(NCc1ccc(F)cc1)c1cnc(N2CCCC2)nc1C1CCCCC1. The molecule has 1 saturated carbocycles. The van der Waals surface area contributed by atoms with E-state index in [-0.39, 0.29) is 11.7 Å². The average molecular weight is 382 g/mol. The number of hydrogen-bond donors (Lipinski definition) is 1. The van der Waals surface area contributed by atoms with Crippen molar-refractivity contribution in [2.45, 2.75) is 57.4 Å². The van der Waals surface area contributed by atoms with E-state index in [9.17, 15) is 9.18 Å². The second kappa shape index (κ2) is 8.67. The zero-order valence-electron chi connectivity index (χ0n) is 16.2. The van der Waals surface area contributed by atoms with E-state index in [2.05, 4.69) is 15.2 Å². The summed E-state index contributed by atoms with van der Waals surface area (Å²) in [5.74, 6) is 0.649. The summed E-state index contributed by atoms with van der Waals surface area (Å²) >= 11 is 0. The Labute approximate surface area is 165 Å². The van der Waals surface area contributed by atoms with Gasteiger partial charge in [-0.2, -0.15) is 0 Å². The minimum atomic E-state index is -0.277. The van der Waals surface area contributed by atoms with Crippen molar-refractivity contribution in [1.29, 1.82) is 0 Å². The first-order valence-electron chi connectivity index (χ1n) is 10.4. The standard InChI is InChI=1S/C22H27FN4O/c23-18-10-8-16(9-11-18)14-24-21(28)19-15-25-22(27-12-4-5-13-27)26-20(19)17-6-2-1-3-7-17/h8-11,15,17H,1-7,12-14H2,(H,24,28). The highest BCUT2D eigenvalue weighted by molar-refractivity contribution is 5.95. The topological polar surface area (TPSA) is 58.1 Å². The Hall–Kier alpha value is -2.50. The lowest BCUT2D eigenvalue weighted by Gasteiger charge is -2.25. The van der Waals surface area contributed by atoms with Crippen LogP contribution in [0, 0.1) is 5.82 Å². The molecule has 1 aliphatic carbocycles. The molecule has 0 spiro atoms. The van der Waals surface area contributed by atoms with Crippen LogP contribution in [0.2, 0.25) is 0 Å². The summed E-state index contributed by atoms with van der Waals surface area (Å²) in [7, 11) is 0. The van der Waals surface area contributed by atoms with Crippen LogP contribution in [0.1, 0.15) is 72.5 Å². The van der Waals surface area contributed by atoms with E-state index in [1.54, 1.807) is 18.3 Å². The summed E-state index contributed by atoms with van der Waals surface area (Å²) in [5.41, 5.74) is 2.34. The monoisotopic (exact) mass is 382 g/mol. The Balaban J connectivity index is 1.55. The fourth-order valence-electron chi connectivity index (χ4n) is 4.20. The molecule has 28 heavy (non-hydrogen) atoms. The summed E-state index contributed by atoms with van der Waals surface area (Å²) in [6.07, 6.45) is 9.82. The molecule has 5 nitrogen and oxygen atoms in total. The normalized spacial score (nSPS) is 17.7. The molecule has 6 heteroatoms. The number of benzene rings is 1. The van der Waals surface area contributed by atoms with Crippen molar-refractivity contribution in [2.75, 3.05) is 18.0 Å². The second-order valence-electron chi connectivity index (χ2n) is 7.81. The lowest BCUT2D eigenvalue weighted by molar-refractivity contribution is 0.0948. The van der Waals surface area contributed by atoms with Crippen molar-refractivity contribution < 1.29 is 9.18 Å². The molecule has 2 aliphatic rings. The first-order valence-corrected chi connectivity index (χ1v) is 10.4. The summed E-state index contributed by atoms with van der Waals surface area (Å²) in [6.45, 7) is 2.33. The van der Waals surface area contributed by atoms with E-state index >= 15 is 0 Å². The van der Waals surface area contributed by atoms with Gasteiger partial charge in [-0.05, 0) is 43.4 Å². The summed E-state index contributed by atoms with van der Waals surface area (Å²) < 4.78 is 13.1. The molecule has 0 radical (unpaired) electrons. The van der Waals surface area contributed by atoms with Crippen molar-refractivity contribution in [3.05, 3.63) is 53.1 Å². The van der Waals surface area contributed by atoms with E-state index < -0.39 is 0 Å². The average Bonchev–Trinajstić information content (AvgIpc) is 3.28. The van der Waals surface area contributed by atoms with Crippen LogP contribution in [0.3, 0.4) is 0 Å². The highest BCUT2D eigenvalue weighted by Gasteiger charge is 2.26. The quantitative estimate of drug-likeness (QED) is 0.842. The number of anilines is 1. The van der Waals surface area contributed by atoms with Crippen LogP contribution in [0.15, 0.2) is 30.5 Å². The minimum absolute atomic E-state index is 0.155. The molecule has 148 valence electrons. The largest absolute Gasteiger partial charge is 0.348 e. The maximum atomic E-state index is 13.1. The molecule has 1 aliphatic heterocycles. The summed E-state index contributed by atoms with van der Waals surface area (Å²) in [4.78, 5) is 24.5. The molecule has 1 saturated heterocycles. The molecule has 2 fully saturated rings. The Kier molecular flexibility index (Phi) is 5.84. The van der Waals surface area contributed by atoms with Gasteiger partial charge in [-0.25, -0.2) is 14.4 Å². The fourth-order valence-corrected chi connectivity index (χ4v) is 4.20. The van der Waals surface area contributed by atoms with E-state index in [1.807, 2.05) is 0 Å². The second-order valence-corrected chi connectivity index (χ2v) is 7.81. The van der Waals surface area contributed by atoms with Crippen LogP contribution in [-0.4, -0.2) is 29.0 Å². The molecule has 1 N–H and O–H groups in total. The zero-order valence-corrected chi connectivity index (χ0v) is 16.2. The van der Waals surface area contributed by atoms with Crippen LogP contribution in [0.25, 0.3) is 0 Å². The maximum absolute atomic E-state index is 13.1. The Bertz CT molecular complexity index is 812. The van der Waals surface area contributed by atoms with Gasteiger partial charge in [-0.15, -0.1) is 0 Å². The molecule has 2 aromatic rings. The number of amides is 1. The molecule has 2 heterocycles. The number of hydrogen-bond acceptors (Lipinski definition) is 4. The van der Waals surface area contributed by atoms with E-state index in [4.69, 9.17) is 4.98 Å². The molecule has 0 bridgehead atoms. The third-order valence-corrected chi connectivity index (χ3v) is 5.80. The van der Waals surface area contributed by atoms with Crippen molar-refractivity contribution in [2.24, 2.45) is 0 Å². The van der Waals surface area contributed by atoms with Gasteiger partial charge in [0.05, 0.1) is 11.3 Å². The van der Waals surface area contributed by atoms with Crippen molar-refractivity contribution in [3.63, 3.8) is 0 Å². The number of rotatable bonds is 5. The highest BCUT2D eigenvalue weighted by atomic mass is 19.1. The number of carbonyl (C=O) groups excluding carboxylic acids is 1. The highest BCUT2D eigenvalue weighted by Crippen LogP contribution is 2.34. The summed E-state index contributed by atoms with van der Waals surface area (Å²) in [6, 6.07) is 6.18. The van der Waals surface area contributed by atoms with Gasteiger partial charge in [-0.3, -0.25) is 4.79 Å². The molecule has 1 amide bonds.